The van der Waals surface area contributed by atoms with Crippen LogP contribution in [-0.2, 0) is 25.5 Å². The molecule has 0 bridgehead atoms. The maximum absolute atomic E-state index is 14.8. The molecule has 2 aliphatic heterocycles. The number of alkyl halides is 3. The number of nitrogens with one attached hydrogen (secondary N) is 1. The van der Waals surface area contributed by atoms with E-state index in [9.17, 15) is 35.6 Å². The van der Waals surface area contributed by atoms with Gasteiger partial charge < -0.3 is 15.0 Å². The summed E-state index contributed by atoms with van der Waals surface area (Å²) in [5.41, 5.74) is -0.495. The molecule has 2 heterocycles. The molecule has 3 aliphatic rings. The number of piperidine rings is 1. The number of carbonyl (C=O) groups excluding carboxylic acids is 2. The number of amides is 2. The summed E-state index contributed by atoms with van der Waals surface area (Å²) in [5.74, 6) is -2.35. The second-order valence-electron chi connectivity index (χ2n) is 10.4. The number of benzene rings is 2. The summed E-state index contributed by atoms with van der Waals surface area (Å²) in [6.45, 7) is 2.06. The molecule has 7 nitrogen and oxygen atoms in total. The summed E-state index contributed by atoms with van der Waals surface area (Å²) in [6.07, 6.45) is -2.57. The van der Waals surface area contributed by atoms with E-state index in [1.54, 1.807) is 13.0 Å². The maximum Gasteiger partial charge on any atom is 0.416 e. The molecular formula is C26H26F4N2O5S. The van der Waals surface area contributed by atoms with E-state index < -0.39 is 51.3 Å². The molecule has 2 aromatic rings. The highest BCUT2D eigenvalue weighted by molar-refractivity contribution is 7.90. The standard InChI is InChI=1S/C26H26F4N2O5S/c1-13-5-15(7-18(6-13)38(2,35)36)25(34)32-21-8-14(21)9-22(32)24(33)31-23(16-11-37-12-16)19-4-3-17(10-20(19)27)26(28,29)30/h3-7,10,14,16,21-23H,8-9,11-12H2,1-2H3,(H,31,33)/t14-,21-,22?,23-/m1/s1. The quantitative estimate of drug-likeness (QED) is 0.551. The normalized spacial score (nSPS) is 23.9. The van der Waals surface area contributed by atoms with Gasteiger partial charge >= 0.3 is 6.18 Å². The van der Waals surface area contributed by atoms with Gasteiger partial charge in [-0.15, -0.1) is 0 Å². The van der Waals surface area contributed by atoms with Crippen LogP contribution in [0.5, 0.6) is 0 Å². The smallest absolute Gasteiger partial charge is 0.381 e. The molecule has 1 saturated carbocycles. The molecule has 38 heavy (non-hydrogen) atoms. The maximum atomic E-state index is 14.8. The Morgan fingerprint density at radius 2 is 1.82 bits per heavy atom. The van der Waals surface area contributed by atoms with E-state index in [4.69, 9.17) is 4.74 Å². The van der Waals surface area contributed by atoms with Crippen LogP contribution in [0, 0.1) is 24.6 Å². The van der Waals surface area contributed by atoms with E-state index in [1.165, 1.54) is 17.0 Å². The van der Waals surface area contributed by atoms with E-state index in [0.29, 0.717) is 24.5 Å². The molecule has 5 rings (SSSR count). The molecule has 1 unspecified atom stereocenters. The first-order valence-electron chi connectivity index (χ1n) is 12.1. The Kier molecular flexibility index (Phi) is 6.54. The van der Waals surface area contributed by atoms with Crippen LogP contribution < -0.4 is 5.32 Å². The minimum Gasteiger partial charge on any atom is -0.381 e. The Hall–Kier alpha value is -2.99. The van der Waals surface area contributed by atoms with Crippen molar-refractivity contribution in [2.75, 3.05) is 19.5 Å². The van der Waals surface area contributed by atoms with Gasteiger partial charge in [0.25, 0.3) is 5.91 Å². The summed E-state index contributed by atoms with van der Waals surface area (Å²) >= 11 is 0. The monoisotopic (exact) mass is 554 g/mol. The summed E-state index contributed by atoms with van der Waals surface area (Å²) in [5, 5.41) is 2.77. The van der Waals surface area contributed by atoms with Gasteiger partial charge in [0.2, 0.25) is 5.91 Å². The minimum absolute atomic E-state index is 0.00350. The molecule has 0 aromatic heterocycles. The van der Waals surface area contributed by atoms with Crippen molar-refractivity contribution in [3.05, 3.63) is 64.5 Å². The van der Waals surface area contributed by atoms with Crippen molar-refractivity contribution >= 4 is 21.7 Å². The zero-order valence-electron chi connectivity index (χ0n) is 20.6. The molecule has 4 atom stereocenters. The van der Waals surface area contributed by atoms with E-state index in [1.807, 2.05) is 0 Å². The fraction of sp³-hybridized carbons (Fsp3) is 0.462. The number of rotatable bonds is 6. The highest BCUT2D eigenvalue weighted by atomic mass is 32.2. The third-order valence-electron chi connectivity index (χ3n) is 7.46. The van der Waals surface area contributed by atoms with Gasteiger partial charge in [-0.05, 0) is 61.6 Å². The fourth-order valence-electron chi connectivity index (χ4n) is 5.32. The predicted octanol–water partition coefficient (Wildman–Crippen LogP) is 3.66. The fourth-order valence-corrected chi connectivity index (χ4v) is 6.06. The molecule has 12 heteroatoms. The summed E-state index contributed by atoms with van der Waals surface area (Å²) in [6, 6.07) is 4.53. The van der Waals surface area contributed by atoms with Gasteiger partial charge in [0.15, 0.2) is 9.84 Å². The lowest BCUT2D eigenvalue weighted by Gasteiger charge is -2.36. The first kappa shape index (κ1) is 26.6. The van der Waals surface area contributed by atoms with Crippen molar-refractivity contribution in [3.63, 3.8) is 0 Å². The van der Waals surface area contributed by atoms with E-state index in [-0.39, 0.29) is 47.1 Å². The Labute approximate surface area is 217 Å². The van der Waals surface area contributed by atoms with Gasteiger partial charge in [0.05, 0.1) is 29.7 Å². The Morgan fingerprint density at radius 1 is 1.11 bits per heavy atom. The van der Waals surface area contributed by atoms with Gasteiger partial charge in [-0.3, -0.25) is 9.59 Å². The molecule has 204 valence electrons. The zero-order chi connectivity index (χ0) is 27.6. The second-order valence-corrected chi connectivity index (χ2v) is 12.4. The Morgan fingerprint density at radius 3 is 2.39 bits per heavy atom. The molecule has 0 radical (unpaired) electrons. The highest BCUT2D eigenvalue weighted by Crippen LogP contribution is 2.49. The molecule has 1 aliphatic carbocycles. The number of halogens is 4. The minimum atomic E-state index is -4.71. The Bertz CT molecular complexity index is 1410. The topological polar surface area (TPSA) is 92.8 Å². The van der Waals surface area contributed by atoms with Gasteiger partial charge in [-0.2, -0.15) is 13.2 Å². The average molecular weight is 555 g/mol. The second kappa shape index (κ2) is 9.33. The van der Waals surface area contributed by atoms with E-state index in [0.717, 1.165) is 18.4 Å². The molecule has 0 spiro atoms. The van der Waals surface area contributed by atoms with Gasteiger partial charge in [-0.25, -0.2) is 12.8 Å². The first-order valence-corrected chi connectivity index (χ1v) is 14.0. The molecule has 1 N–H and O–H groups in total. The number of hydrogen-bond acceptors (Lipinski definition) is 5. The van der Waals surface area contributed by atoms with Gasteiger partial charge in [-0.1, -0.05) is 6.07 Å². The lowest BCUT2D eigenvalue weighted by Crippen LogP contribution is -2.51. The SMILES string of the molecule is Cc1cc(C(=O)N2C(C(=O)N[C@@H](c3ccc(C(F)(F)F)cc3F)C3COC3)C[C@H]3C[C@H]32)cc(S(C)(=O)=O)c1. The number of hydrogen-bond donors (Lipinski definition) is 1. The van der Waals surface area contributed by atoms with Gasteiger partial charge in [0.1, 0.15) is 11.9 Å². The number of aryl methyl sites for hydroxylation is 1. The lowest BCUT2D eigenvalue weighted by molar-refractivity contribution is -0.138. The number of carbonyl (C=O) groups is 2. The van der Waals surface area contributed by atoms with Gasteiger partial charge in [0, 0.05) is 29.3 Å². The van der Waals surface area contributed by atoms with Crippen LogP contribution in [0.25, 0.3) is 0 Å². The van der Waals surface area contributed by atoms with Crippen molar-refractivity contribution in [1.29, 1.82) is 0 Å². The summed E-state index contributed by atoms with van der Waals surface area (Å²) in [7, 11) is -3.57. The third kappa shape index (κ3) is 5.03. The average Bonchev–Trinajstić information content (AvgIpc) is 3.44. The number of sulfone groups is 1. The lowest BCUT2D eigenvalue weighted by atomic mass is 9.90. The van der Waals surface area contributed by atoms with E-state index in [2.05, 4.69) is 5.32 Å². The van der Waals surface area contributed by atoms with Crippen LogP contribution in [-0.4, -0.2) is 56.7 Å². The largest absolute Gasteiger partial charge is 0.416 e. The van der Waals surface area contributed by atoms with Crippen LogP contribution in [0.15, 0.2) is 41.3 Å². The molecule has 3 fully saturated rings. The summed E-state index contributed by atoms with van der Waals surface area (Å²) in [4.78, 5) is 28.5. The predicted molar refractivity (Wildman–Crippen MR) is 127 cm³/mol. The molecule has 2 saturated heterocycles. The number of likely N-dealkylation sites (tertiary alicyclic amines) is 1. The van der Waals surface area contributed by atoms with Crippen molar-refractivity contribution < 1.29 is 40.3 Å². The van der Waals surface area contributed by atoms with Crippen LogP contribution in [0.3, 0.4) is 0 Å². The van der Waals surface area contributed by atoms with Crippen molar-refractivity contribution in [2.24, 2.45) is 11.8 Å². The number of nitrogens with zero attached hydrogens (tertiary/aromatic N) is 1. The Balaban J connectivity index is 1.41. The third-order valence-corrected chi connectivity index (χ3v) is 8.56. The van der Waals surface area contributed by atoms with Crippen LogP contribution in [0.2, 0.25) is 0 Å². The van der Waals surface area contributed by atoms with Crippen LogP contribution in [0.1, 0.15) is 45.9 Å². The highest BCUT2D eigenvalue weighted by Gasteiger charge is 2.56. The van der Waals surface area contributed by atoms with Crippen molar-refractivity contribution in [3.8, 4) is 0 Å². The number of ether oxygens (including phenoxy) is 1. The van der Waals surface area contributed by atoms with Crippen molar-refractivity contribution in [2.45, 2.75) is 49.0 Å². The van der Waals surface area contributed by atoms with E-state index >= 15 is 0 Å². The first-order chi connectivity index (χ1) is 17.7. The van der Waals surface area contributed by atoms with Crippen LogP contribution >= 0.6 is 0 Å². The summed E-state index contributed by atoms with van der Waals surface area (Å²) < 4.78 is 83.3. The van der Waals surface area contributed by atoms with Crippen molar-refractivity contribution in [1.82, 2.24) is 10.2 Å². The molecule has 2 aromatic carbocycles. The zero-order valence-corrected chi connectivity index (χ0v) is 21.4. The number of fused-ring (bicyclic) bond motifs is 1. The molecule has 2 amide bonds. The van der Waals surface area contributed by atoms with Crippen LogP contribution in [0.4, 0.5) is 17.6 Å². The molecular weight excluding hydrogens is 528 g/mol.